The quantitative estimate of drug-likeness (QED) is 0.867. The highest BCUT2D eigenvalue weighted by Gasteiger charge is 2.43. The van der Waals surface area contributed by atoms with Gasteiger partial charge in [0.25, 0.3) is 0 Å². The minimum atomic E-state index is -0.574. The average Bonchev–Trinajstić information content (AvgIpc) is 3.38. The molecule has 2 aliphatic rings. The van der Waals surface area contributed by atoms with Gasteiger partial charge in [0.05, 0.1) is 18.0 Å². The normalized spacial score (nSPS) is 26.0. The number of likely N-dealkylation sites (tertiary alicyclic amines) is 1. The van der Waals surface area contributed by atoms with Crippen molar-refractivity contribution in [2.45, 2.75) is 31.3 Å². The molecule has 0 spiro atoms. The van der Waals surface area contributed by atoms with Gasteiger partial charge in [-0.1, -0.05) is 18.2 Å². The van der Waals surface area contributed by atoms with Crippen molar-refractivity contribution in [2.75, 3.05) is 13.1 Å². The van der Waals surface area contributed by atoms with Crippen LogP contribution in [0.15, 0.2) is 34.7 Å². The second kappa shape index (κ2) is 6.34. The van der Waals surface area contributed by atoms with Crippen LogP contribution in [0, 0.1) is 17.2 Å². The SMILES string of the molecule is N#C[C@@H]1CCCN1C(=O)[C@@H]1NCCC1C(=O)c1cc2ccccc2o1. The lowest BCUT2D eigenvalue weighted by molar-refractivity contribution is -0.133. The summed E-state index contributed by atoms with van der Waals surface area (Å²) in [5.41, 5.74) is 0.670. The van der Waals surface area contributed by atoms with Crippen molar-refractivity contribution in [3.63, 3.8) is 0 Å². The fourth-order valence-corrected chi connectivity index (χ4v) is 3.87. The minimum absolute atomic E-state index is 0.143. The van der Waals surface area contributed by atoms with Gasteiger partial charge in [-0.25, -0.2) is 0 Å². The summed E-state index contributed by atoms with van der Waals surface area (Å²) in [7, 11) is 0. The number of benzene rings is 1. The van der Waals surface area contributed by atoms with E-state index in [1.165, 1.54) is 0 Å². The van der Waals surface area contributed by atoms with Gasteiger partial charge in [0.1, 0.15) is 11.6 Å². The van der Waals surface area contributed by atoms with Gasteiger partial charge >= 0.3 is 0 Å². The number of carbonyl (C=O) groups is 2. The molecule has 0 aliphatic carbocycles. The summed E-state index contributed by atoms with van der Waals surface area (Å²) in [5.74, 6) is -0.442. The van der Waals surface area contributed by atoms with Crippen molar-refractivity contribution in [1.29, 1.82) is 5.26 Å². The van der Waals surface area contributed by atoms with Crippen molar-refractivity contribution in [1.82, 2.24) is 10.2 Å². The highest BCUT2D eigenvalue weighted by Crippen LogP contribution is 2.28. The molecule has 0 bridgehead atoms. The van der Waals surface area contributed by atoms with Crippen molar-refractivity contribution in [3.05, 3.63) is 36.1 Å². The Balaban J connectivity index is 1.57. The number of hydrogen-bond acceptors (Lipinski definition) is 5. The molecule has 0 radical (unpaired) electrons. The zero-order valence-corrected chi connectivity index (χ0v) is 13.8. The molecule has 1 aromatic heterocycles. The number of furan rings is 1. The standard InChI is InChI=1S/C19H19N3O3/c20-11-13-5-3-9-22(13)19(24)17-14(7-8-21-17)18(23)16-10-12-4-1-2-6-15(12)25-16/h1-2,4,6,10,13-14,17,21H,3,5,7-9H2/t13-,14?,17+/m0/s1. The topological polar surface area (TPSA) is 86.3 Å². The van der Waals surface area contributed by atoms with E-state index in [1.807, 2.05) is 24.3 Å². The van der Waals surface area contributed by atoms with E-state index in [4.69, 9.17) is 4.42 Å². The summed E-state index contributed by atoms with van der Waals surface area (Å²) in [6, 6.07) is 10.4. The monoisotopic (exact) mass is 337 g/mol. The van der Waals surface area contributed by atoms with Crippen LogP contribution in [-0.4, -0.2) is 41.8 Å². The van der Waals surface area contributed by atoms with Crippen LogP contribution < -0.4 is 5.32 Å². The van der Waals surface area contributed by atoms with Gasteiger partial charge in [0.2, 0.25) is 11.7 Å². The number of Topliss-reactive ketones (excluding diaryl/α,β-unsaturated/α-hetero) is 1. The highest BCUT2D eigenvalue weighted by atomic mass is 16.3. The van der Waals surface area contributed by atoms with E-state index >= 15 is 0 Å². The number of hydrogen-bond donors (Lipinski definition) is 1. The number of nitriles is 1. The number of para-hydroxylation sites is 1. The summed E-state index contributed by atoms with van der Waals surface area (Å²) < 4.78 is 5.68. The van der Waals surface area contributed by atoms with Gasteiger partial charge in [-0.15, -0.1) is 0 Å². The van der Waals surface area contributed by atoms with Crippen molar-refractivity contribution in [3.8, 4) is 6.07 Å². The molecule has 6 nitrogen and oxygen atoms in total. The summed E-state index contributed by atoms with van der Waals surface area (Å²) in [4.78, 5) is 27.4. The van der Waals surface area contributed by atoms with Crippen LogP contribution >= 0.6 is 0 Å². The van der Waals surface area contributed by atoms with Crippen LogP contribution in [0.25, 0.3) is 11.0 Å². The maximum absolute atomic E-state index is 12.9. The number of nitrogens with one attached hydrogen (secondary N) is 1. The van der Waals surface area contributed by atoms with E-state index in [0.717, 1.165) is 11.8 Å². The number of fused-ring (bicyclic) bond motifs is 1. The Hall–Kier alpha value is -2.65. The van der Waals surface area contributed by atoms with Crippen molar-refractivity contribution in [2.24, 2.45) is 5.92 Å². The maximum atomic E-state index is 12.9. The first-order valence-corrected chi connectivity index (χ1v) is 8.65. The van der Waals surface area contributed by atoms with Crippen LogP contribution in [-0.2, 0) is 4.79 Å². The predicted octanol–water partition coefficient (Wildman–Crippen LogP) is 2.11. The summed E-state index contributed by atoms with van der Waals surface area (Å²) >= 11 is 0. The largest absolute Gasteiger partial charge is 0.453 e. The molecular weight excluding hydrogens is 318 g/mol. The number of ketones is 1. The zero-order chi connectivity index (χ0) is 17.4. The number of rotatable bonds is 3. The zero-order valence-electron chi connectivity index (χ0n) is 13.8. The molecule has 2 saturated heterocycles. The van der Waals surface area contributed by atoms with E-state index in [9.17, 15) is 14.9 Å². The van der Waals surface area contributed by atoms with Crippen molar-refractivity contribution >= 4 is 22.7 Å². The molecule has 1 N–H and O–H groups in total. The molecule has 1 aromatic carbocycles. The molecule has 2 aliphatic heterocycles. The van der Waals surface area contributed by atoms with Crippen LogP contribution in [0.5, 0.6) is 0 Å². The third kappa shape index (κ3) is 2.71. The summed E-state index contributed by atoms with van der Waals surface area (Å²) in [5, 5.41) is 13.2. The average molecular weight is 337 g/mol. The van der Waals surface area contributed by atoms with Gasteiger partial charge in [0.15, 0.2) is 5.76 Å². The Bertz CT molecular complexity index is 833. The van der Waals surface area contributed by atoms with E-state index in [1.54, 1.807) is 11.0 Å². The molecule has 1 unspecified atom stereocenters. The Morgan fingerprint density at radius 2 is 2.12 bits per heavy atom. The van der Waals surface area contributed by atoms with Gasteiger partial charge in [-0.2, -0.15) is 5.26 Å². The Morgan fingerprint density at radius 3 is 2.92 bits per heavy atom. The smallest absolute Gasteiger partial charge is 0.241 e. The molecule has 1 amide bonds. The van der Waals surface area contributed by atoms with Crippen LogP contribution in [0.2, 0.25) is 0 Å². The number of carbonyl (C=O) groups excluding carboxylic acids is 2. The van der Waals surface area contributed by atoms with Gasteiger partial charge in [-0.05, 0) is 37.9 Å². The van der Waals surface area contributed by atoms with Crippen LogP contribution in [0.4, 0.5) is 0 Å². The van der Waals surface area contributed by atoms with E-state index < -0.39 is 12.0 Å². The molecule has 6 heteroatoms. The first-order valence-electron chi connectivity index (χ1n) is 8.65. The maximum Gasteiger partial charge on any atom is 0.241 e. The fourth-order valence-electron chi connectivity index (χ4n) is 3.87. The molecule has 3 atom stereocenters. The molecule has 25 heavy (non-hydrogen) atoms. The number of amides is 1. The third-order valence-electron chi connectivity index (χ3n) is 5.18. The van der Waals surface area contributed by atoms with Gasteiger partial charge in [-0.3, -0.25) is 9.59 Å². The molecule has 3 heterocycles. The van der Waals surface area contributed by atoms with E-state index in [0.29, 0.717) is 37.3 Å². The lowest BCUT2D eigenvalue weighted by atomic mass is 9.93. The first-order chi connectivity index (χ1) is 12.2. The lowest BCUT2D eigenvalue weighted by Gasteiger charge is -2.25. The van der Waals surface area contributed by atoms with Gasteiger partial charge in [0, 0.05) is 11.9 Å². The lowest BCUT2D eigenvalue weighted by Crippen LogP contribution is -2.49. The molecular formula is C19H19N3O3. The minimum Gasteiger partial charge on any atom is -0.453 e. The molecule has 4 rings (SSSR count). The predicted molar refractivity (Wildman–Crippen MR) is 90.8 cm³/mol. The number of nitrogens with zero attached hydrogens (tertiary/aromatic N) is 2. The summed E-state index contributed by atoms with van der Waals surface area (Å²) in [6.45, 7) is 1.19. The second-order valence-electron chi connectivity index (χ2n) is 6.66. The second-order valence-corrected chi connectivity index (χ2v) is 6.66. The molecule has 128 valence electrons. The van der Waals surface area contributed by atoms with Crippen LogP contribution in [0.3, 0.4) is 0 Å². The molecule has 0 saturated carbocycles. The van der Waals surface area contributed by atoms with E-state index in [-0.39, 0.29) is 17.7 Å². The third-order valence-corrected chi connectivity index (χ3v) is 5.18. The Kier molecular flexibility index (Phi) is 4.02. The highest BCUT2D eigenvalue weighted by molar-refractivity contribution is 6.02. The Morgan fingerprint density at radius 1 is 1.28 bits per heavy atom. The summed E-state index contributed by atoms with van der Waals surface area (Å²) in [6.07, 6.45) is 2.13. The Labute approximate surface area is 145 Å². The van der Waals surface area contributed by atoms with Crippen molar-refractivity contribution < 1.29 is 14.0 Å². The molecule has 2 aromatic rings. The first kappa shape index (κ1) is 15.9. The van der Waals surface area contributed by atoms with E-state index in [2.05, 4.69) is 11.4 Å². The van der Waals surface area contributed by atoms with Crippen LogP contribution in [0.1, 0.15) is 29.8 Å². The fraction of sp³-hybridized carbons (Fsp3) is 0.421. The molecule has 2 fully saturated rings. The van der Waals surface area contributed by atoms with Gasteiger partial charge < -0.3 is 14.6 Å².